The predicted octanol–water partition coefficient (Wildman–Crippen LogP) is 2.41. The molecule has 0 fully saturated rings. The molecular formula is C19H15F3N2O6S. The van der Waals surface area contributed by atoms with Gasteiger partial charge in [0.1, 0.15) is 0 Å². The molecule has 0 saturated heterocycles. The molecule has 0 aliphatic heterocycles. The number of carbonyl (C=O) groups is 1. The summed E-state index contributed by atoms with van der Waals surface area (Å²) < 4.78 is 73.6. The molecule has 0 radical (unpaired) electrons. The number of amides is 1. The summed E-state index contributed by atoms with van der Waals surface area (Å²) in [6.07, 6.45) is -6.24. The highest BCUT2D eigenvalue weighted by Crippen LogP contribution is 2.36. The standard InChI is InChI=1S/C19H15F3N2O6S/c1-9(25)12-6-10(18(23)27)2-4-15(12)24-16-5-3-11(31(28,29)30)7-13(16)14(8-17(24)26)19(20,21)22/h2-9,25H,1H3,(H2,23,27)(H,28,29,30). The number of nitrogens with two attached hydrogens (primary N) is 1. The number of aromatic nitrogens is 1. The van der Waals surface area contributed by atoms with E-state index in [1.54, 1.807) is 0 Å². The summed E-state index contributed by atoms with van der Waals surface area (Å²) in [5.74, 6) is -0.823. The smallest absolute Gasteiger partial charge is 0.389 e. The molecule has 12 heteroatoms. The third-order valence-corrected chi connectivity index (χ3v) is 5.44. The Balaban J connectivity index is 2.50. The summed E-state index contributed by atoms with van der Waals surface area (Å²) in [6.45, 7) is 1.32. The molecular weight excluding hydrogens is 441 g/mol. The number of hydrogen-bond acceptors (Lipinski definition) is 5. The Morgan fingerprint density at radius 3 is 2.29 bits per heavy atom. The molecule has 1 aromatic heterocycles. The van der Waals surface area contributed by atoms with Gasteiger partial charge in [0, 0.05) is 22.6 Å². The summed E-state index contributed by atoms with van der Waals surface area (Å²) in [5.41, 5.74) is 2.36. The Hall–Kier alpha value is -3.22. The van der Waals surface area contributed by atoms with Gasteiger partial charge in [0.25, 0.3) is 15.7 Å². The van der Waals surface area contributed by atoms with Crippen LogP contribution in [0.4, 0.5) is 13.2 Å². The third kappa shape index (κ3) is 4.17. The van der Waals surface area contributed by atoms with E-state index in [0.29, 0.717) is 6.07 Å². The van der Waals surface area contributed by atoms with E-state index in [0.717, 1.165) is 16.7 Å². The van der Waals surface area contributed by atoms with E-state index in [1.807, 2.05) is 0 Å². The van der Waals surface area contributed by atoms with Gasteiger partial charge in [-0.15, -0.1) is 0 Å². The van der Waals surface area contributed by atoms with Gasteiger partial charge in [0.05, 0.1) is 27.8 Å². The van der Waals surface area contributed by atoms with Crippen molar-refractivity contribution in [2.24, 2.45) is 5.73 Å². The van der Waals surface area contributed by atoms with Crippen molar-refractivity contribution >= 4 is 26.9 Å². The van der Waals surface area contributed by atoms with Crippen LogP contribution in [0, 0.1) is 0 Å². The molecule has 3 aromatic rings. The number of primary amides is 1. The second-order valence-corrected chi connectivity index (χ2v) is 8.12. The van der Waals surface area contributed by atoms with Crippen LogP contribution in [0.25, 0.3) is 16.6 Å². The molecule has 8 nitrogen and oxygen atoms in total. The Morgan fingerprint density at radius 1 is 1.13 bits per heavy atom. The highest BCUT2D eigenvalue weighted by molar-refractivity contribution is 7.85. The number of rotatable bonds is 4. The van der Waals surface area contributed by atoms with E-state index in [-0.39, 0.29) is 28.4 Å². The van der Waals surface area contributed by atoms with Crippen molar-refractivity contribution < 1.29 is 36.0 Å². The number of hydrogen-bond donors (Lipinski definition) is 3. The third-order valence-electron chi connectivity index (χ3n) is 4.59. The fourth-order valence-electron chi connectivity index (χ4n) is 3.20. The number of carbonyl (C=O) groups excluding carboxylic acids is 1. The molecule has 2 aromatic carbocycles. The van der Waals surface area contributed by atoms with Gasteiger partial charge in [-0.1, -0.05) is 0 Å². The zero-order chi connectivity index (χ0) is 23.3. The van der Waals surface area contributed by atoms with Crippen molar-refractivity contribution in [1.29, 1.82) is 0 Å². The maximum absolute atomic E-state index is 13.6. The van der Waals surface area contributed by atoms with Crippen molar-refractivity contribution in [3.8, 4) is 5.69 Å². The number of nitrogens with zero attached hydrogens (tertiary/aromatic N) is 1. The Morgan fingerprint density at radius 2 is 1.77 bits per heavy atom. The number of fused-ring (bicyclic) bond motifs is 1. The van der Waals surface area contributed by atoms with Gasteiger partial charge in [0.15, 0.2) is 0 Å². The van der Waals surface area contributed by atoms with Crippen molar-refractivity contribution in [3.05, 3.63) is 69.5 Å². The van der Waals surface area contributed by atoms with Crippen LogP contribution < -0.4 is 11.3 Å². The summed E-state index contributed by atoms with van der Waals surface area (Å²) >= 11 is 0. The summed E-state index contributed by atoms with van der Waals surface area (Å²) in [5, 5.41) is 9.44. The fraction of sp³-hybridized carbons (Fsp3) is 0.158. The predicted molar refractivity (Wildman–Crippen MR) is 104 cm³/mol. The van der Waals surface area contributed by atoms with Crippen LogP contribution in [0.5, 0.6) is 0 Å². The number of benzene rings is 2. The molecule has 0 aliphatic rings. The highest BCUT2D eigenvalue weighted by Gasteiger charge is 2.35. The average molecular weight is 456 g/mol. The van der Waals surface area contributed by atoms with Crippen LogP contribution in [0.15, 0.2) is 52.2 Å². The van der Waals surface area contributed by atoms with Gasteiger partial charge >= 0.3 is 6.18 Å². The number of aliphatic hydroxyl groups excluding tert-OH is 1. The first-order valence-electron chi connectivity index (χ1n) is 8.58. The van der Waals surface area contributed by atoms with Crippen LogP contribution in [-0.4, -0.2) is 28.6 Å². The molecule has 31 heavy (non-hydrogen) atoms. The first-order chi connectivity index (χ1) is 14.2. The Bertz CT molecular complexity index is 1380. The molecule has 1 unspecified atom stereocenters. The number of halogens is 3. The van der Waals surface area contributed by atoms with Gasteiger partial charge in [0.2, 0.25) is 5.91 Å². The van der Waals surface area contributed by atoms with Gasteiger partial charge < -0.3 is 10.8 Å². The minimum atomic E-state index is -5.00. The molecule has 1 amide bonds. The SMILES string of the molecule is CC(O)c1cc(C(N)=O)ccc1-n1c(=O)cc(C(F)(F)F)c2cc(S(=O)(=O)O)ccc21. The van der Waals surface area contributed by atoms with E-state index in [9.17, 15) is 40.8 Å². The summed E-state index contributed by atoms with van der Waals surface area (Å²) in [6, 6.07) is 6.31. The fourth-order valence-corrected chi connectivity index (χ4v) is 3.71. The van der Waals surface area contributed by atoms with E-state index in [2.05, 4.69) is 0 Å². The molecule has 4 N–H and O–H groups in total. The zero-order valence-electron chi connectivity index (χ0n) is 15.7. The van der Waals surface area contributed by atoms with Crippen LogP contribution in [0.2, 0.25) is 0 Å². The lowest BCUT2D eigenvalue weighted by Gasteiger charge is -2.19. The van der Waals surface area contributed by atoms with E-state index < -0.39 is 49.7 Å². The zero-order valence-corrected chi connectivity index (χ0v) is 16.5. The van der Waals surface area contributed by atoms with Crippen LogP contribution in [0.3, 0.4) is 0 Å². The van der Waals surface area contributed by atoms with Crippen LogP contribution >= 0.6 is 0 Å². The lowest BCUT2D eigenvalue weighted by molar-refractivity contribution is -0.136. The van der Waals surface area contributed by atoms with Crippen LogP contribution in [0.1, 0.15) is 34.5 Å². The van der Waals surface area contributed by atoms with Crippen molar-refractivity contribution in [1.82, 2.24) is 4.57 Å². The second-order valence-electron chi connectivity index (χ2n) is 6.70. The minimum absolute atomic E-state index is 0.00224. The van der Waals surface area contributed by atoms with Crippen LogP contribution in [-0.2, 0) is 16.3 Å². The second kappa shape index (κ2) is 7.48. The Kier molecular flexibility index (Phi) is 5.42. The topological polar surface area (TPSA) is 140 Å². The largest absolute Gasteiger partial charge is 0.417 e. The van der Waals surface area contributed by atoms with Crippen molar-refractivity contribution in [2.75, 3.05) is 0 Å². The summed E-state index contributed by atoms with van der Waals surface area (Å²) in [7, 11) is -4.83. The number of alkyl halides is 3. The maximum Gasteiger partial charge on any atom is 0.417 e. The normalized spacial score (nSPS) is 13.4. The lowest BCUT2D eigenvalue weighted by Crippen LogP contribution is -2.24. The van der Waals surface area contributed by atoms with E-state index >= 15 is 0 Å². The Labute approximate surface area is 173 Å². The molecule has 0 aliphatic carbocycles. The van der Waals surface area contributed by atoms with E-state index in [1.165, 1.54) is 25.1 Å². The van der Waals surface area contributed by atoms with Gasteiger partial charge in [-0.2, -0.15) is 21.6 Å². The molecule has 1 heterocycles. The van der Waals surface area contributed by atoms with Gasteiger partial charge in [-0.05, 0) is 43.3 Å². The molecule has 3 rings (SSSR count). The molecule has 0 spiro atoms. The first-order valence-corrected chi connectivity index (χ1v) is 10.0. The molecule has 0 saturated carbocycles. The van der Waals surface area contributed by atoms with Gasteiger partial charge in [-0.25, -0.2) is 0 Å². The maximum atomic E-state index is 13.6. The minimum Gasteiger partial charge on any atom is -0.389 e. The molecule has 164 valence electrons. The highest BCUT2D eigenvalue weighted by atomic mass is 32.2. The number of aliphatic hydroxyl groups is 1. The molecule has 1 atom stereocenters. The van der Waals surface area contributed by atoms with Crippen molar-refractivity contribution in [2.45, 2.75) is 24.1 Å². The molecule has 0 bridgehead atoms. The lowest BCUT2D eigenvalue weighted by atomic mass is 10.0. The quantitative estimate of drug-likeness (QED) is 0.515. The first kappa shape index (κ1) is 22.5. The average Bonchev–Trinajstić information content (AvgIpc) is 2.65. The van der Waals surface area contributed by atoms with E-state index in [4.69, 9.17) is 5.73 Å². The van der Waals surface area contributed by atoms with Crippen molar-refractivity contribution in [3.63, 3.8) is 0 Å². The monoisotopic (exact) mass is 456 g/mol. The number of pyridine rings is 1. The van der Waals surface area contributed by atoms with Gasteiger partial charge in [-0.3, -0.25) is 18.7 Å². The summed E-state index contributed by atoms with van der Waals surface area (Å²) in [4.78, 5) is 23.4.